The van der Waals surface area contributed by atoms with Crippen molar-refractivity contribution >= 4 is 5.91 Å². The van der Waals surface area contributed by atoms with Crippen molar-refractivity contribution in [3.05, 3.63) is 77.8 Å². The number of carbonyl (C=O) groups excluding carboxylic acids is 1. The average molecular weight is 419 g/mol. The van der Waals surface area contributed by atoms with Crippen molar-refractivity contribution in [2.45, 2.75) is 46.1 Å². The van der Waals surface area contributed by atoms with Gasteiger partial charge in [-0.05, 0) is 35.7 Å². The zero-order valence-electron chi connectivity index (χ0n) is 16.9. The number of furan rings is 1. The van der Waals surface area contributed by atoms with E-state index in [1.165, 1.54) is 12.1 Å². The summed E-state index contributed by atoms with van der Waals surface area (Å²) in [7, 11) is 0. The second-order valence-corrected chi connectivity index (χ2v) is 7.59. The van der Waals surface area contributed by atoms with E-state index >= 15 is 0 Å². The summed E-state index contributed by atoms with van der Waals surface area (Å²) in [5, 5.41) is 0. The minimum absolute atomic E-state index is 0.00881. The molecule has 0 aliphatic heterocycles. The molecule has 160 valence electrons. The molecule has 0 radical (unpaired) electrons. The Hall–Kier alpha value is -3.03. The molecule has 1 aromatic carbocycles. The van der Waals surface area contributed by atoms with Gasteiger partial charge in [0.1, 0.15) is 11.6 Å². The standard InChI is InChI=1S/C22H24F3N3O2/c1-16(2)12-21(29)28(14-19-4-3-11-30-19)15-20-26-9-10-27(20)13-17-5-7-18(8-6-17)22(23,24)25/h3-11,16H,12-15H2,1-2H3. The highest BCUT2D eigenvalue weighted by Crippen LogP contribution is 2.29. The first-order valence-electron chi connectivity index (χ1n) is 9.68. The van der Waals surface area contributed by atoms with E-state index in [-0.39, 0.29) is 18.4 Å². The van der Waals surface area contributed by atoms with Crippen LogP contribution in [0, 0.1) is 5.92 Å². The lowest BCUT2D eigenvalue weighted by atomic mass is 10.1. The highest BCUT2D eigenvalue weighted by Gasteiger charge is 2.30. The first kappa shape index (κ1) is 21.7. The van der Waals surface area contributed by atoms with Crippen LogP contribution >= 0.6 is 0 Å². The van der Waals surface area contributed by atoms with Gasteiger partial charge in [-0.3, -0.25) is 4.79 Å². The fourth-order valence-corrected chi connectivity index (χ4v) is 3.10. The summed E-state index contributed by atoms with van der Waals surface area (Å²) in [5.74, 6) is 1.53. The number of rotatable bonds is 8. The number of hydrogen-bond donors (Lipinski definition) is 0. The smallest absolute Gasteiger partial charge is 0.416 e. The minimum atomic E-state index is -4.36. The van der Waals surface area contributed by atoms with Gasteiger partial charge in [-0.15, -0.1) is 0 Å². The quantitative estimate of drug-likeness (QED) is 0.509. The first-order chi connectivity index (χ1) is 14.2. The summed E-state index contributed by atoms with van der Waals surface area (Å²) in [6.45, 7) is 4.93. The van der Waals surface area contributed by atoms with Crippen molar-refractivity contribution in [2.24, 2.45) is 5.92 Å². The molecule has 30 heavy (non-hydrogen) atoms. The van der Waals surface area contributed by atoms with Crippen LogP contribution in [0.3, 0.4) is 0 Å². The topological polar surface area (TPSA) is 51.3 Å². The molecule has 0 saturated heterocycles. The molecule has 8 heteroatoms. The van der Waals surface area contributed by atoms with Gasteiger partial charge in [-0.25, -0.2) is 4.98 Å². The fourth-order valence-electron chi connectivity index (χ4n) is 3.10. The summed E-state index contributed by atoms with van der Waals surface area (Å²) in [4.78, 5) is 18.8. The molecule has 0 bridgehead atoms. The van der Waals surface area contributed by atoms with E-state index < -0.39 is 11.7 Å². The molecular formula is C22H24F3N3O2. The minimum Gasteiger partial charge on any atom is -0.467 e. The van der Waals surface area contributed by atoms with E-state index in [0.717, 1.165) is 12.1 Å². The van der Waals surface area contributed by atoms with Crippen LogP contribution in [0.2, 0.25) is 0 Å². The van der Waals surface area contributed by atoms with Crippen molar-refractivity contribution in [1.29, 1.82) is 0 Å². The SMILES string of the molecule is CC(C)CC(=O)N(Cc1ccco1)Cc1nccn1Cc1ccc(C(F)(F)F)cc1. The molecule has 2 aromatic heterocycles. The second-order valence-electron chi connectivity index (χ2n) is 7.59. The number of hydrogen-bond acceptors (Lipinski definition) is 3. The number of carbonyl (C=O) groups is 1. The fraction of sp³-hybridized carbons (Fsp3) is 0.364. The molecule has 0 fully saturated rings. The molecular weight excluding hydrogens is 395 g/mol. The summed E-state index contributed by atoms with van der Waals surface area (Å²) in [6.07, 6.45) is 0.983. The molecule has 3 rings (SSSR count). The molecule has 0 aliphatic carbocycles. The Balaban J connectivity index is 1.75. The molecule has 0 atom stereocenters. The molecule has 0 unspecified atom stereocenters. The zero-order chi connectivity index (χ0) is 21.7. The van der Waals surface area contributed by atoms with Gasteiger partial charge in [0.2, 0.25) is 5.91 Å². The predicted molar refractivity (Wildman–Crippen MR) is 105 cm³/mol. The van der Waals surface area contributed by atoms with Crippen LogP contribution in [0.25, 0.3) is 0 Å². The number of amides is 1. The summed E-state index contributed by atoms with van der Waals surface area (Å²) >= 11 is 0. The van der Waals surface area contributed by atoms with Crippen molar-refractivity contribution < 1.29 is 22.4 Å². The predicted octanol–water partition coefficient (Wildman–Crippen LogP) is 5.12. The van der Waals surface area contributed by atoms with Crippen molar-refractivity contribution in [3.8, 4) is 0 Å². The highest BCUT2D eigenvalue weighted by atomic mass is 19.4. The molecule has 2 heterocycles. The lowest BCUT2D eigenvalue weighted by Gasteiger charge is -2.23. The van der Waals surface area contributed by atoms with E-state index in [0.29, 0.717) is 36.7 Å². The lowest BCUT2D eigenvalue weighted by Crippen LogP contribution is -2.32. The zero-order valence-corrected chi connectivity index (χ0v) is 16.9. The molecule has 3 aromatic rings. The third-order valence-electron chi connectivity index (χ3n) is 4.63. The maximum absolute atomic E-state index is 12.8. The molecule has 0 saturated carbocycles. The van der Waals surface area contributed by atoms with E-state index in [2.05, 4.69) is 4.98 Å². The third-order valence-corrected chi connectivity index (χ3v) is 4.63. The Kier molecular flexibility index (Phi) is 6.64. The van der Waals surface area contributed by atoms with E-state index in [1.807, 2.05) is 24.5 Å². The Morgan fingerprint density at radius 2 is 1.90 bits per heavy atom. The van der Waals surface area contributed by atoms with Gasteiger partial charge in [-0.2, -0.15) is 13.2 Å². The maximum atomic E-state index is 12.8. The number of aromatic nitrogens is 2. The third kappa shape index (κ3) is 5.75. The van der Waals surface area contributed by atoms with E-state index in [9.17, 15) is 18.0 Å². The first-order valence-corrected chi connectivity index (χ1v) is 9.68. The lowest BCUT2D eigenvalue weighted by molar-refractivity contribution is -0.137. The molecule has 0 aliphatic rings. The van der Waals surface area contributed by atoms with Crippen LogP contribution in [0.15, 0.2) is 59.5 Å². The van der Waals surface area contributed by atoms with Crippen LogP contribution in [-0.4, -0.2) is 20.4 Å². The van der Waals surface area contributed by atoms with Gasteiger partial charge < -0.3 is 13.9 Å². The van der Waals surface area contributed by atoms with Crippen LogP contribution < -0.4 is 0 Å². The Labute approximate surface area is 173 Å². The van der Waals surface area contributed by atoms with Gasteiger partial charge in [0.15, 0.2) is 0 Å². The number of benzene rings is 1. The Bertz CT molecular complexity index is 945. The van der Waals surface area contributed by atoms with Crippen LogP contribution in [0.4, 0.5) is 13.2 Å². The van der Waals surface area contributed by atoms with E-state index in [4.69, 9.17) is 4.42 Å². The summed E-state index contributed by atoms with van der Waals surface area (Å²) in [5.41, 5.74) is 0.0364. The largest absolute Gasteiger partial charge is 0.467 e. The summed E-state index contributed by atoms with van der Waals surface area (Å²) in [6, 6.07) is 8.63. The molecule has 0 spiro atoms. The van der Waals surface area contributed by atoms with Crippen LogP contribution in [0.1, 0.15) is 43.0 Å². The average Bonchev–Trinajstić information content (AvgIpc) is 3.33. The van der Waals surface area contributed by atoms with Crippen LogP contribution in [-0.2, 0) is 30.6 Å². The normalized spacial score (nSPS) is 11.8. The van der Waals surface area contributed by atoms with Gasteiger partial charge in [0.05, 0.1) is 24.9 Å². The molecule has 0 N–H and O–H groups in total. The number of imidazole rings is 1. The Morgan fingerprint density at radius 1 is 1.17 bits per heavy atom. The number of alkyl halides is 3. The van der Waals surface area contributed by atoms with Crippen LogP contribution in [0.5, 0.6) is 0 Å². The van der Waals surface area contributed by atoms with Crippen molar-refractivity contribution in [2.75, 3.05) is 0 Å². The van der Waals surface area contributed by atoms with Crippen molar-refractivity contribution in [1.82, 2.24) is 14.5 Å². The number of nitrogens with zero attached hydrogens (tertiary/aromatic N) is 3. The Morgan fingerprint density at radius 3 is 2.50 bits per heavy atom. The van der Waals surface area contributed by atoms with Gasteiger partial charge in [0, 0.05) is 25.4 Å². The maximum Gasteiger partial charge on any atom is 0.416 e. The highest BCUT2D eigenvalue weighted by molar-refractivity contribution is 5.76. The summed E-state index contributed by atoms with van der Waals surface area (Å²) < 4.78 is 45.5. The molecule has 5 nitrogen and oxygen atoms in total. The monoisotopic (exact) mass is 419 g/mol. The van der Waals surface area contributed by atoms with E-state index in [1.54, 1.807) is 29.6 Å². The van der Waals surface area contributed by atoms with Gasteiger partial charge in [0.25, 0.3) is 0 Å². The van der Waals surface area contributed by atoms with Gasteiger partial charge in [-0.1, -0.05) is 26.0 Å². The molecule has 1 amide bonds. The second kappa shape index (κ2) is 9.19. The van der Waals surface area contributed by atoms with Gasteiger partial charge >= 0.3 is 6.18 Å². The van der Waals surface area contributed by atoms with Crippen molar-refractivity contribution in [3.63, 3.8) is 0 Å². The number of halogens is 3.